The van der Waals surface area contributed by atoms with Crippen molar-refractivity contribution in [3.05, 3.63) is 0 Å². The summed E-state index contributed by atoms with van der Waals surface area (Å²) in [6.07, 6.45) is 4.74. The van der Waals surface area contributed by atoms with Gasteiger partial charge in [0.1, 0.15) is 0 Å². The maximum absolute atomic E-state index is 12.7. The van der Waals surface area contributed by atoms with Crippen LogP contribution in [0.15, 0.2) is 0 Å². The van der Waals surface area contributed by atoms with E-state index in [9.17, 15) is 9.59 Å². The molecule has 0 bridgehead atoms. The van der Waals surface area contributed by atoms with E-state index in [0.717, 1.165) is 38.9 Å². The molecule has 3 heterocycles. The Kier molecular flexibility index (Phi) is 4.75. The van der Waals surface area contributed by atoms with Crippen LogP contribution in [-0.4, -0.2) is 61.8 Å². The second-order valence-electron chi connectivity index (χ2n) is 6.22. The zero-order valence-electron chi connectivity index (χ0n) is 12.4. The Labute approximate surface area is 125 Å². The van der Waals surface area contributed by atoms with Crippen LogP contribution in [0.1, 0.15) is 32.1 Å². The Morgan fingerprint density at radius 1 is 1.14 bits per heavy atom. The molecule has 3 saturated heterocycles. The predicted molar refractivity (Wildman–Crippen MR) is 75.6 cm³/mol. The van der Waals surface area contributed by atoms with Gasteiger partial charge in [-0.3, -0.25) is 9.59 Å². The van der Waals surface area contributed by atoms with Crippen LogP contribution in [0.25, 0.3) is 0 Å². The number of rotatable bonds is 5. The summed E-state index contributed by atoms with van der Waals surface area (Å²) in [7, 11) is 0. The summed E-state index contributed by atoms with van der Waals surface area (Å²) in [5.74, 6) is -0.179. The van der Waals surface area contributed by atoms with Gasteiger partial charge in [-0.2, -0.15) is 0 Å². The van der Waals surface area contributed by atoms with Gasteiger partial charge < -0.3 is 19.7 Å². The average Bonchev–Trinajstić information content (AvgIpc) is 3.19. The van der Waals surface area contributed by atoms with Gasteiger partial charge in [0, 0.05) is 39.3 Å². The van der Waals surface area contributed by atoms with Gasteiger partial charge in [0.05, 0.1) is 18.1 Å². The lowest BCUT2D eigenvalue weighted by Crippen LogP contribution is -2.45. The number of ether oxygens (including phenoxy) is 2. The second kappa shape index (κ2) is 6.75. The largest absolute Gasteiger partial charge is 0.376 e. The molecule has 3 unspecified atom stereocenters. The zero-order chi connectivity index (χ0) is 14.7. The molecule has 2 amide bonds. The Balaban J connectivity index is 1.61. The van der Waals surface area contributed by atoms with Crippen molar-refractivity contribution in [1.29, 1.82) is 0 Å². The lowest BCUT2D eigenvalue weighted by atomic mass is 10.1. The normalized spacial score (nSPS) is 32.4. The van der Waals surface area contributed by atoms with Gasteiger partial charge in [-0.15, -0.1) is 0 Å². The average molecular weight is 296 g/mol. The molecule has 6 nitrogen and oxygen atoms in total. The summed E-state index contributed by atoms with van der Waals surface area (Å²) < 4.78 is 11.3. The third-order valence-corrected chi connectivity index (χ3v) is 4.53. The van der Waals surface area contributed by atoms with Crippen molar-refractivity contribution in [2.24, 2.45) is 5.92 Å². The van der Waals surface area contributed by atoms with Crippen molar-refractivity contribution in [3.63, 3.8) is 0 Å². The first-order valence-corrected chi connectivity index (χ1v) is 8.01. The molecule has 0 radical (unpaired) electrons. The van der Waals surface area contributed by atoms with Crippen LogP contribution < -0.4 is 5.32 Å². The standard InChI is InChI=1S/C15H24N2O4/c18-14-7-11(8-16-14)15(19)17(9-12-3-1-5-20-12)10-13-4-2-6-21-13/h11-13H,1-10H2,(H,16,18). The zero-order valence-corrected chi connectivity index (χ0v) is 12.4. The minimum absolute atomic E-state index is 0.0254. The van der Waals surface area contributed by atoms with Crippen molar-refractivity contribution >= 4 is 11.8 Å². The van der Waals surface area contributed by atoms with E-state index >= 15 is 0 Å². The molecule has 118 valence electrons. The van der Waals surface area contributed by atoms with E-state index in [0.29, 0.717) is 26.1 Å². The Morgan fingerprint density at radius 2 is 1.76 bits per heavy atom. The van der Waals surface area contributed by atoms with Gasteiger partial charge in [-0.05, 0) is 25.7 Å². The Bertz CT molecular complexity index is 371. The molecule has 6 heteroatoms. The van der Waals surface area contributed by atoms with Crippen molar-refractivity contribution in [2.75, 3.05) is 32.8 Å². The Morgan fingerprint density at radius 3 is 2.19 bits per heavy atom. The van der Waals surface area contributed by atoms with Crippen molar-refractivity contribution in [2.45, 2.75) is 44.3 Å². The monoisotopic (exact) mass is 296 g/mol. The molecule has 3 aliphatic rings. The second-order valence-corrected chi connectivity index (χ2v) is 6.22. The predicted octanol–water partition coefficient (Wildman–Crippen LogP) is 0.309. The van der Waals surface area contributed by atoms with Gasteiger partial charge in [0.15, 0.2) is 0 Å². The van der Waals surface area contributed by atoms with Crippen LogP contribution in [0.5, 0.6) is 0 Å². The SMILES string of the molecule is O=C1CC(C(=O)N(CC2CCCO2)CC2CCCO2)CN1. The summed E-state index contributed by atoms with van der Waals surface area (Å²) >= 11 is 0. The first-order chi connectivity index (χ1) is 10.2. The molecule has 0 aromatic rings. The molecule has 0 aromatic carbocycles. The number of hydrogen-bond acceptors (Lipinski definition) is 4. The van der Waals surface area contributed by atoms with E-state index < -0.39 is 0 Å². The highest BCUT2D eigenvalue weighted by Crippen LogP contribution is 2.20. The van der Waals surface area contributed by atoms with Gasteiger partial charge in [0.2, 0.25) is 11.8 Å². The smallest absolute Gasteiger partial charge is 0.228 e. The van der Waals surface area contributed by atoms with Gasteiger partial charge in [0.25, 0.3) is 0 Å². The van der Waals surface area contributed by atoms with E-state index in [1.54, 1.807) is 0 Å². The number of nitrogens with zero attached hydrogens (tertiary/aromatic N) is 1. The topological polar surface area (TPSA) is 67.9 Å². The molecule has 1 N–H and O–H groups in total. The molecule has 3 rings (SSSR count). The molecule has 21 heavy (non-hydrogen) atoms. The fourth-order valence-corrected chi connectivity index (χ4v) is 3.36. The minimum Gasteiger partial charge on any atom is -0.376 e. The maximum atomic E-state index is 12.7. The van der Waals surface area contributed by atoms with Gasteiger partial charge in [-0.25, -0.2) is 0 Å². The third-order valence-electron chi connectivity index (χ3n) is 4.53. The number of nitrogens with one attached hydrogen (secondary N) is 1. The first kappa shape index (κ1) is 14.8. The summed E-state index contributed by atoms with van der Waals surface area (Å²) in [5.41, 5.74) is 0. The first-order valence-electron chi connectivity index (χ1n) is 8.01. The minimum atomic E-state index is -0.222. The van der Waals surface area contributed by atoms with Crippen LogP contribution in [0, 0.1) is 5.92 Å². The number of amides is 2. The lowest BCUT2D eigenvalue weighted by Gasteiger charge is -2.29. The lowest BCUT2D eigenvalue weighted by molar-refractivity contribution is -0.139. The van der Waals surface area contributed by atoms with Crippen LogP contribution in [-0.2, 0) is 19.1 Å². The van der Waals surface area contributed by atoms with Gasteiger partial charge >= 0.3 is 0 Å². The molecular formula is C15H24N2O4. The summed E-state index contributed by atoms with van der Waals surface area (Å²) in [6.45, 7) is 3.30. The van der Waals surface area contributed by atoms with Crippen LogP contribution in [0.3, 0.4) is 0 Å². The molecule has 0 aliphatic carbocycles. The molecular weight excluding hydrogens is 272 g/mol. The molecule has 3 fully saturated rings. The highest BCUT2D eigenvalue weighted by Gasteiger charge is 2.34. The fraction of sp³-hybridized carbons (Fsp3) is 0.867. The summed E-state index contributed by atoms with van der Waals surface area (Å²) in [6, 6.07) is 0. The summed E-state index contributed by atoms with van der Waals surface area (Å²) in [5, 5.41) is 2.74. The Hall–Kier alpha value is -1.14. The molecule has 3 aliphatic heterocycles. The van der Waals surface area contributed by atoms with E-state index in [1.807, 2.05) is 4.90 Å². The summed E-state index contributed by atoms with van der Waals surface area (Å²) in [4.78, 5) is 25.9. The molecule has 3 atom stereocenters. The van der Waals surface area contributed by atoms with Crippen LogP contribution in [0.2, 0.25) is 0 Å². The van der Waals surface area contributed by atoms with Crippen molar-refractivity contribution in [3.8, 4) is 0 Å². The van der Waals surface area contributed by atoms with Crippen molar-refractivity contribution in [1.82, 2.24) is 10.2 Å². The van der Waals surface area contributed by atoms with E-state index in [-0.39, 0.29) is 29.9 Å². The van der Waals surface area contributed by atoms with Crippen LogP contribution >= 0.6 is 0 Å². The molecule has 0 aromatic heterocycles. The number of carbonyl (C=O) groups is 2. The third kappa shape index (κ3) is 3.74. The number of hydrogen-bond donors (Lipinski definition) is 1. The van der Waals surface area contributed by atoms with E-state index in [4.69, 9.17) is 9.47 Å². The van der Waals surface area contributed by atoms with Crippen molar-refractivity contribution < 1.29 is 19.1 Å². The van der Waals surface area contributed by atoms with E-state index in [1.165, 1.54) is 0 Å². The molecule has 0 spiro atoms. The maximum Gasteiger partial charge on any atom is 0.228 e. The number of carbonyl (C=O) groups excluding carboxylic acids is 2. The van der Waals surface area contributed by atoms with E-state index in [2.05, 4.69) is 5.32 Å². The quantitative estimate of drug-likeness (QED) is 0.793. The van der Waals surface area contributed by atoms with Gasteiger partial charge in [-0.1, -0.05) is 0 Å². The molecule has 0 saturated carbocycles. The highest BCUT2D eigenvalue weighted by molar-refractivity contribution is 5.89. The van der Waals surface area contributed by atoms with Crippen LogP contribution in [0.4, 0.5) is 0 Å². The fourth-order valence-electron chi connectivity index (χ4n) is 3.36. The highest BCUT2D eigenvalue weighted by atomic mass is 16.5.